The zero-order chi connectivity index (χ0) is 9.84. The Labute approximate surface area is 80.1 Å². The first-order valence-electron chi connectivity index (χ1n) is 3.63. The van der Waals surface area contributed by atoms with E-state index in [9.17, 15) is 4.79 Å². The lowest BCUT2D eigenvalue weighted by Crippen LogP contribution is -2.24. The van der Waals surface area contributed by atoms with Crippen LogP contribution in [0.3, 0.4) is 0 Å². The van der Waals surface area contributed by atoms with E-state index >= 15 is 0 Å². The third-order valence-corrected chi connectivity index (χ3v) is 1.88. The number of nitrogens with one attached hydrogen (secondary N) is 2. The van der Waals surface area contributed by atoms with Gasteiger partial charge in [-0.25, -0.2) is 4.79 Å². The largest absolute Gasteiger partial charge is 0.346 e. The monoisotopic (exact) mass is 201 g/mol. The molecule has 1 aromatic rings. The smallest absolute Gasteiger partial charge is 0.320 e. The third kappa shape index (κ3) is 2.55. The fourth-order valence-electron chi connectivity index (χ4n) is 0.608. The van der Waals surface area contributed by atoms with E-state index in [-0.39, 0.29) is 6.03 Å². The molecule has 1 heterocycles. The number of hydrogen-bond donors (Lipinski definition) is 2. The van der Waals surface area contributed by atoms with Crippen LogP contribution in [0.25, 0.3) is 0 Å². The molecule has 72 valence electrons. The van der Waals surface area contributed by atoms with E-state index in [0.29, 0.717) is 11.1 Å². The first kappa shape index (κ1) is 9.72. The lowest BCUT2D eigenvalue weighted by molar-refractivity contribution is 0.254. The zero-order valence-electron chi connectivity index (χ0n) is 7.66. The summed E-state index contributed by atoms with van der Waals surface area (Å²) in [4.78, 5) is 16.7. The molecule has 13 heavy (non-hydrogen) atoms. The summed E-state index contributed by atoms with van der Waals surface area (Å²) in [5.41, 5.74) is 0. The molecule has 0 unspecified atom stereocenters. The molecule has 7 heteroatoms. The maximum absolute atomic E-state index is 10.9. The van der Waals surface area contributed by atoms with Gasteiger partial charge in [0.2, 0.25) is 11.1 Å². The lowest BCUT2D eigenvalue weighted by atomic mass is 10.8. The van der Waals surface area contributed by atoms with Crippen molar-refractivity contribution in [1.29, 1.82) is 0 Å². The molecule has 0 atom stereocenters. The number of urea groups is 1. The number of carbonyl (C=O) groups excluding carboxylic acids is 1. The van der Waals surface area contributed by atoms with Crippen molar-refractivity contribution in [2.75, 3.05) is 31.4 Å². The van der Waals surface area contributed by atoms with E-state index in [1.807, 2.05) is 14.1 Å². The Morgan fingerprint density at radius 2 is 2.23 bits per heavy atom. The Morgan fingerprint density at radius 1 is 1.54 bits per heavy atom. The average molecular weight is 201 g/mol. The van der Waals surface area contributed by atoms with Crippen LogP contribution in [-0.4, -0.2) is 36.5 Å². The molecule has 0 radical (unpaired) electrons. The highest BCUT2D eigenvalue weighted by Crippen LogP contribution is 2.15. The molecule has 0 aromatic carbocycles. The highest BCUT2D eigenvalue weighted by atomic mass is 32.1. The van der Waals surface area contributed by atoms with Crippen molar-refractivity contribution in [2.45, 2.75) is 0 Å². The van der Waals surface area contributed by atoms with Crippen molar-refractivity contribution >= 4 is 28.6 Å². The van der Waals surface area contributed by atoms with Crippen LogP contribution in [0.15, 0.2) is 0 Å². The molecular formula is C6H11N5OS. The molecule has 0 aliphatic heterocycles. The minimum absolute atomic E-state index is 0.290. The van der Waals surface area contributed by atoms with Crippen LogP contribution in [0.1, 0.15) is 0 Å². The van der Waals surface area contributed by atoms with Gasteiger partial charge in [0.15, 0.2) is 0 Å². The van der Waals surface area contributed by atoms with Gasteiger partial charge in [0, 0.05) is 32.7 Å². The molecule has 0 spiro atoms. The van der Waals surface area contributed by atoms with E-state index in [2.05, 4.69) is 20.0 Å². The number of carbonyl (C=O) groups is 1. The SMILES string of the molecule is CNC(=O)Nc1nc(N(C)C)ns1. The van der Waals surface area contributed by atoms with Gasteiger partial charge in [-0.15, -0.1) is 0 Å². The Bertz CT molecular complexity index is 297. The Hall–Kier alpha value is -1.37. The number of hydrogen-bond acceptors (Lipinski definition) is 5. The van der Waals surface area contributed by atoms with Crippen LogP contribution >= 0.6 is 11.5 Å². The number of anilines is 2. The minimum Gasteiger partial charge on any atom is -0.346 e. The quantitative estimate of drug-likeness (QED) is 0.724. The maximum Gasteiger partial charge on any atom is 0.320 e. The van der Waals surface area contributed by atoms with Crippen molar-refractivity contribution in [3.8, 4) is 0 Å². The van der Waals surface area contributed by atoms with E-state index in [0.717, 1.165) is 11.5 Å². The van der Waals surface area contributed by atoms with Crippen LogP contribution in [0, 0.1) is 0 Å². The first-order chi connectivity index (χ1) is 6.13. The second kappa shape index (κ2) is 4.04. The first-order valence-corrected chi connectivity index (χ1v) is 4.40. The van der Waals surface area contributed by atoms with Crippen molar-refractivity contribution in [1.82, 2.24) is 14.7 Å². The zero-order valence-corrected chi connectivity index (χ0v) is 8.47. The maximum atomic E-state index is 10.9. The molecule has 0 aliphatic rings. The summed E-state index contributed by atoms with van der Waals surface area (Å²) in [6.07, 6.45) is 0. The normalized spacial score (nSPS) is 9.46. The number of aromatic nitrogens is 2. The summed E-state index contributed by atoms with van der Waals surface area (Å²) in [5, 5.41) is 5.45. The molecule has 0 fully saturated rings. The second-order valence-electron chi connectivity index (χ2n) is 2.50. The van der Waals surface area contributed by atoms with E-state index in [4.69, 9.17) is 0 Å². The highest BCUT2D eigenvalue weighted by Gasteiger charge is 2.06. The van der Waals surface area contributed by atoms with Gasteiger partial charge < -0.3 is 10.2 Å². The lowest BCUT2D eigenvalue weighted by Gasteiger charge is -2.03. The number of amides is 2. The van der Waals surface area contributed by atoms with Crippen molar-refractivity contribution < 1.29 is 4.79 Å². The predicted molar refractivity (Wildman–Crippen MR) is 52.3 cm³/mol. The fraction of sp³-hybridized carbons (Fsp3) is 0.500. The summed E-state index contributed by atoms with van der Waals surface area (Å²) >= 11 is 1.15. The minimum atomic E-state index is -0.290. The molecule has 0 saturated heterocycles. The molecule has 6 nitrogen and oxygen atoms in total. The van der Waals surface area contributed by atoms with Crippen molar-refractivity contribution in [3.05, 3.63) is 0 Å². The van der Waals surface area contributed by atoms with Crippen molar-refractivity contribution in [3.63, 3.8) is 0 Å². The van der Waals surface area contributed by atoms with Gasteiger partial charge in [-0.2, -0.15) is 9.36 Å². The van der Waals surface area contributed by atoms with E-state index in [1.165, 1.54) is 0 Å². The third-order valence-electron chi connectivity index (χ3n) is 1.26. The average Bonchev–Trinajstić information content (AvgIpc) is 2.52. The Morgan fingerprint density at radius 3 is 2.69 bits per heavy atom. The van der Waals surface area contributed by atoms with Crippen LogP contribution in [0.2, 0.25) is 0 Å². The summed E-state index contributed by atoms with van der Waals surface area (Å²) in [5.74, 6) is 0.594. The van der Waals surface area contributed by atoms with Gasteiger partial charge in [0.25, 0.3) is 0 Å². The van der Waals surface area contributed by atoms with Crippen molar-refractivity contribution in [2.24, 2.45) is 0 Å². The summed E-state index contributed by atoms with van der Waals surface area (Å²) in [6, 6.07) is -0.290. The van der Waals surface area contributed by atoms with Crippen LogP contribution in [0.5, 0.6) is 0 Å². The molecule has 2 N–H and O–H groups in total. The van der Waals surface area contributed by atoms with Gasteiger partial charge >= 0.3 is 6.03 Å². The molecule has 1 rings (SSSR count). The van der Waals surface area contributed by atoms with Gasteiger partial charge in [-0.1, -0.05) is 0 Å². The Balaban J connectivity index is 2.64. The molecule has 1 aromatic heterocycles. The summed E-state index contributed by atoms with van der Waals surface area (Å²) in [6.45, 7) is 0. The topological polar surface area (TPSA) is 70.2 Å². The van der Waals surface area contributed by atoms with Gasteiger partial charge in [0.05, 0.1) is 0 Å². The predicted octanol–water partition coefficient (Wildman–Crippen LogP) is 0.355. The molecular weight excluding hydrogens is 190 g/mol. The standard InChI is InChI=1S/C6H11N5OS/c1-7-5(12)9-6-8-4(10-13-6)11(2)3/h1-3H3,(H2,7,8,9,10,12). The number of nitrogens with zero attached hydrogens (tertiary/aromatic N) is 3. The molecule has 0 aliphatic carbocycles. The van der Waals surface area contributed by atoms with Gasteiger partial charge in [-0.05, 0) is 0 Å². The molecule has 2 amide bonds. The number of rotatable bonds is 2. The van der Waals surface area contributed by atoms with Crippen LogP contribution < -0.4 is 15.5 Å². The summed E-state index contributed by atoms with van der Waals surface area (Å²) in [7, 11) is 5.22. The van der Waals surface area contributed by atoms with E-state index < -0.39 is 0 Å². The van der Waals surface area contributed by atoms with Gasteiger partial charge in [0.1, 0.15) is 0 Å². The summed E-state index contributed by atoms with van der Waals surface area (Å²) < 4.78 is 4.02. The van der Waals surface area contributed by atoms with Gasteiger partial charge in [-0.3, -0.25) is 5.32 Å². The molecule has 0 saturated carbocycles. The van der Waals surface area contributed by atoms with E-state index in [1.54, 1.807) is 11.9 Å². The highest BCUT2D eigenvalue weighted by molar-refractivity contribution is 7.10. The molecule has 0 bridgehead atoms. The Kier molecular flexibility index (Phi) is 3.02. The fourth-order valence-corrected chi connectivity index (χ4v) is 1.24. The van der Waals surface area contributed by atoms with Crippen LogP contribution in [-0.2, 0) is 0 Å². The van der Waals surface area contributed by atoms with Crippen LogP contribution in [0.4, 0.5) is 15.9 Å². The second-order valence-corrected chi connectivity index (χ2v) is 3.25.